The van der Waals surface area contributed by atoms with E-state index in [1.54, 1.807) is 6.20 Å². The first-order valence-electron chi connectivity index (χ1n) is 13.1. The van der Waals surface area contributed by atoms with Crippen LogP contribution in [0, 0.1) is 11.3 Å². The minimum atomic E-state index is -0.102. The SMILES string of the molecule is N#Cc1c[nH]c2ccc(CCNC(=O)c3ccc(-c4ccnc(NCCCN5CCOCC5)c4)cc3)cc12. The van der Waals surface area contributed by atoms with Gasteiger partial charge in [0.15, 0.2) is 0 Å². The highest BCUT2D eigenvalue weighted by molar-refractivity contribution is 5.94. The van der Waals surface area contributed by atoms with Gasteiger partial charge in [-0.3, -0.25) is 9.69 Å². The van der Waals surface area contributed by atoms with Crippen molar-refractivity contribution in [2.45, 2.75) is 12.8 Å². The van der Waals surface area contributed by atoms with Gasteiger partial charge in [0.2, 0.25) is 0 Å². The Balaban J connectivity index is 1.10. The molecule has 0 aliphatic carbocycles. The maximum Gasteiger partial charge on any atom is 0.251 e. The molecule has 4 aromatic rings. The van der Waals surface area contributed by atoms with E-state index < -0.39 is 0 Å². The van der Waals surface area contributed by atoms with E-state index in [0.29, 0.717) is 24.1 Å². The number of benzene rings is 2. The van der Waals surface area contributed by atoms with Crippen molar-refractivity contribution in [3.8, 4) is 17.2 Å². The Kier molecular flexibility index (Phi) is 8.29. The first-order chi connectivity index (χ1) is 18.7. The largest absolute Gasteiger partial charge is 0.379 e. The fourth-order valence-corrected chi connectivity index (χ4v) is 4.70. The number of nitrogens with zero attached hydrogens (tertiary/aromatic N) is 3. The zero-order valence-electron chi connectivity index (χ0n) is 21.4. The number of carbonyl (C=O) groups is 1. The molecule has 0 spiro atoms. The number of hydrogen-bond acceptors (Lipinski definition) is 6. The molecule has 2 aromatic carbocycles. The third-order valence-electron chi connectivity index (χ3n) is 6.87. The van der Waals surface area contributed by atoms with Crippen LogP contribution in [-0.4, -0.2) is 66.7 Å². The van der Waals surface area contributed by atoms with Gasteiger partial charge in [-0.1, -0.05) is 18.2 Å². The van der Waals surface area contributed by atoms with E-state index in [2.05, 4.69) is 31.6 Å². The van der Waals surface area contributed by atoms with Crippen molar-refractivity contribution >= 4 is 22.6 Å². The Bertz CT molecular complexity index is 1420. The van der Waals surface area contributed by atoms with Crippen molar-refractivity contribution in [1.82, 2.24) is 20.2 Å². The number of nitriles is 1. The molecule has 5 rings (SSSR count). The molecule has 0 atom stereocenters. The highest BCUT2D eigenvalue weighted by Gasteiger charge is 2.10. The molecule has 1 aliphatic heterocycles. The molecule has 0 saturated carbocycles. The maximum absolute atomic E-state index is 12.7. The van der Waals surface area contributed by atoms with Crippen molar-refractivity contribution in [3.05, 3.63) is 83.7 Å². The number of H-pyrrole nitrogens is 1. The van der Waals surface area contributed by atoms with Gasteiger partial charge >= 0.3 is 0 Å². The van der Waals surface area contributed by atoms with E-state index in [4.69, 9.17) is 4.74 Å². The Hall–Kier alpha value is -4.19. The lowest BCUT2D eigenvalue weighted by atomic mass is 10.0. The van der Waals surface area contributed by atoms with Crippen LogP contribution < -0.4 is 10.6 Å². The number of nitrogens with one attached hydrogen (secondary N) is 3. The lowest BCUT2D eigenvalue weighted by Crippen LogP contribution is -2.37. The summed E-state index contributed by atoms with van der Waals surface area (Å²) in [7, 11) is 0. The van der Waals surface area contributed by atoms with Gasteiger partial charge in [-0.2, -0.15) is 5.26 Å². The average molecular weight is 509 g/mol. The van der Waals surface area contributed by atoms with Gasteiger partial charge in [0.25, 0.3) is 5.91 Å². The van der Waals surface area contributed by atoms with E-state index in [1.165, 1.54) is 0 Å². The summed E-state index contributed by atoms with van der Waals surface area (Å²) in [6.45, 7) is 6.12. The second-order valence-corrected chi connectivity index (χ2v) is 9.44. The van der Waals surface area contributed by atoms with E-state index in [0.717, 1.165) is 79.2 Å². The zero-order valence-corrected chi connectivity index (χ0v) is 21.4. The average Bonchev–Trinajstić information content (AvgIpc) is 3.38. The van der Waals surface area contributed by atoms with Gasteiger partial charge in [0, 0.05) is 55.0 Å². The Labute approximate surface area is 222 Å². The highest BCUT2D eigenvalue weighted by Crippen LogP contribution is 2.22. The number of amides is 1. The summed E-state index contributed by atoms with van der Waals surface area (Å²) >= 11 is 0. The van der Waals surface area contributed by atoms with Crippen LogP contribution in [0.15, 0.2) is 67.0 Å². The number of carbonyl (C=O) groups excluding carboxylic acids is 1. The van der Waals surface area contributed by atoms with Gasteiger partial charge in [-0.25, -0.2) is 4.98 Å². The minimum absolute atomic E-state index is 0.102. The summed E-state index contributed by atoms with van der Waals surface area (Å²) in [6, 6.07) is 19.9. The van der Waals surface area contributed by atoms with Crippen LogP contribution in [0.5, 0.6) is 0 Å². The fourth-order valence-electron chi connectivity index (χ4n) is 4.70. The Morgan fingerprint density at radius 2 is 1.89 bits per heavy atom. The van der Waals surface area contributed by atoms with Crippen LogP contribution in [0.2, 0.25) is 0 Å². The van der Waals surface area contributed by atoms with Crippen LogP contribution in [0.1, 0.15) is 27.9 Å². The van der Waals surface area contributed by atoms with Gasteiger partial charge < -0.3 is 20.4 Å². The standard InChI is InChI=1S/C30H32N6O2/c31-20-26-21-35-28-7-2-22(18-27(26)28)8-11-34-30(37)24-5-3-23(4-6-24)25-9-12-33-29(19-25)32-10-1-13-36-14-16-38-17-15-36/h2-7,9,12,18-19,21,35H,1,8,10-11,13-17H2,(H,32,33)(H,34,37). The summed E-state index contributed by atoms with van der Waals surface area (Å²) in [5, 5.41) is 16.6. The molecule has 8 nitrogen and oxygen atoms in total. The van der Waals surface area contributed by atoms with Crippen molar-refractivity contribution in [1.29, 1.82) is 5.26 Å². The Morgan fingerprint density at radius 1 is 1.05 bits per heavy atom. The maximum atomic E-state index is 12.7. The molecule has 194 valence electrons. The highest BCUT2D eigenvalue weighted by atomic mass is 16.5. The third-order valence-corrected chi connectivity index (χ3v) is 6.87. The number of hydrogen-bond donors (Lipinski definition) is 3. The molecule has 0 bridgehead atoms. The molecule has 1 aliphatic rings. The molecule has 0 radical (unpaired) electrons. The zero-order chi connectivity index (χ0) is 26.2. The molecular formula is C30H32N6O2. The van der Waals surface area contributed by atoms with E-state index in [-0.39, 0.29) is 5.91 Å². The summed E-state index contributed by atoms with van der Waals surface area (Å²) < 4.78 is 5.40. The number of anilines is 1. The summed E-state index contributed by atoms with van der Waals surface area (Å²) in [6.07, 6.45) is 5.27. The van der Waals surface area contributed by atoms with Crippen molar-refractivity contribution in [3.63, 3.8) is 0 Å². The predicted molar refractivity (Wildman–Crippen MR) is 149 cm³/mol. The van der Waals surface area contributed by atoms with Gasteiger partial charge in [-0.15, -0.1) is 0 Å². The van der Waals surface area contributed by atoms with Crippen LogP contribution in [-0.2, 0) is 11.2 Å². The van der Waals surface area contributed by atoms with Crippen LogP contribution in [0.3, 0.4) is 0 Å². The molecule has 1 fully saturated rings. The van der Waals surface area contributed by atoms with Gasteiger partial charge in [0.05, 0.1) is 18.8 Å². The van der Waals surface area contributed by atoms with E-state index in [1.807, 2.05) is 60.8 Å². The van der Waals surface area contributed by atoms with Crippen LogP contribution >= 0.6 is 0 Å². The lowest BCUT2D eigenvalue weighted by Gasteiger charge is -2.26. The quantitative estimate of drug-likeness (QED) is 0.277. The number of pyridine rings is 1. The predicted octanol–water partition coefficient (Wildman–Crippen LogP) is 4.21. The van der Waals surface area contributed by atoms with Crippen LogP contribution in [0.4, 0.5) is 5.82 Å². The fraction of sp³-hybridized carbons (Fsp3) is 0.300. The Morgan fingerprint density at radius 3 is 2.71 bits per heavy atom. The first kappa shape index (κ1) is 25.5. The van der Waals surface area contributed by atoms with Crippen molar-refractivity contribution < 1.29 is 9.53 Å². The first-order valence-corrected chi connectivity index (χ1v) is 13.1. The number of rotatable bonds is 10. The molecule has 0 unspecified atom stereocenters. The van der Waals surface area contributed by atoms with Gasteiger partial charge in [-0.05, 0) is 72.5 Å². The second kappa shape index (κ2) is 12.4. The molecule has 3 N–H and O–H groups in total. The summed E-state index contributed by atoms with van der Waals surface area (Å²) in [5.74, 6) is 0.750. The molecular weight excluding hydrogens is 476 g/mol. The summed E-state index contributed by atoms with van der Waals surface area (Å²) in [5.41, 5.74) is 5.36. The van der Waals surface area contributed by atoms with Crippen LogP contribution in [0.25, 0.3) is 22.0 Å². The second-order valence-electron chi connectivity index (χ2n) is 9.44. The van der Waals surface area contributed by atoms with Gasteiger partial charge in [0.1, 0.15) is 11.9 Å². The normalized spacial score (nSPS) is 13.8. The molecule has 1 amide bonds. The number of aromatic amines is 1. The minimum Gasteiger partial charge on any atom is -0.379 e. The van der Waals surface area contributed by atoms with Crippen molar-refractivity contribution in [2.75, 3.05) is 51.3 Å². The number of ether oxygens (including phenoxy) is 1. The monoisotopic (exact) mass is 508 g/mol. The van der Waals surface area contributed by atoms with E-state index in [9.17, 15) is 10.1 Å². The number of aromatic nitrogens is 2. The topological polar surface area (TPSA) is 106 Å². The molecule has 2 aromatic heterocycles. The van der Waals surface area contributed by atoms with Crippen molar-refractivity contribution in [2.24, 2.45) is 0 Å². The number of morpholine rings is 1. The molecule has 3 heterocycles. The number of fused-ring (bicyclic) bond motifs is 1. The lowest BCUT2D eigenvalue weighted by molar-refractivity contribution is 0.0378. The third kappa shape index (κ3) is 6.38. The smallest absolute Gasteiger partial charge is 0.251 e. The van der Waals surface area contributed by atoms with E-state index >= 15 is 0 Å². The molecule has 38 heavy (non-hydrogen) atoms. The molecule has 1 saturated heterocycles. The summed E-state index contributed by atoms with van der Waals surface area (Å²) in [4.78, 5) is 22.7. The molecule has 8 heteroatoms.